The van der Waals surface area contributed by atoms with Crippen LogP contribution in [0.15, 0.2) is 54.6 Å². The fourth-order valence-corrected chi connectivity index (χ4v) is 4.07. The largest absolute Gasteiger partial charge is 0.488 e. The van der Waals surface area contributed by atoms with Crippen LogP contribution in [0.25, 0.3) is 11.1 Å². The first-order valence-electron chi connectivity index (χ1n) is 9.95. The molecule has 0 aliphatic heterocycles. The van der Waals surface area contributed by atoms with Gasteiger partial charge < -0.3 is 9.84 Å². The molecule has 32 heavy (non-hydrogen) atoms. The van der Waals surface area contributed by atoms with Crippen molar-refractivity contribution in [2.45, 2.75) is 25.9 Å². The predicted molar refractivity (Wildman–Crippen MR) is 116 cm³/mol. The van der Waals surface area contributed by atoms with E-state index in [-0.39, 0.29) is 12.2 Å². The highest BCUT2D eigenvalue weighted by atomic mass is 35.5. The van der Waals surface area contributed by atoms with E-state index in [1.165, 1.54) is 12.1 Å². The number of rotatable bonds is 6. The molecule has 164 valence electrons. The van der Waals surface area contributed by atoms with E-state index in [0.717, 1.165) is 35.8 Å². The number of ether oxygens (including phenoxy) is 1. The summed E-state index contributed by atoms with van der Waals surface area (Å²) in [6.07, 6.45) is 2.19. The van der Waals surface area contributed by atoms with Gasteiger partial charge in [-0.25, -0.2) is 18.0 Å². The second-order valence-electron chi connectivity index (χ2n) is 7.48. The number of hydrogen-bond acceptors (Lipinski definition) is 2. The Morgan fingerprint density at radius 1 is 0.938 bits per heavy atom. The van der Waals surface area contributed by atoms with Crippen LogP contribution in [0.3, 0.4) is 0 Å². The summed E-state index contributed by atoms with van der Waals surface area (Å²) in [6.45, 7) is -0.108. The Labute approximate surface area is 187 Å². The molecular weight excluding hydrogens is 441 g/mol. The number of hydrogen-bond donors (Lipinski definition) is 1. The van der Waals surface area contributed by atoms with E-state index in [9.17, 15) is 23.1 Å². The molecule has 3 aromatic rings. The third kappa shape index (κ3) is 4.50. The van der Waals surface area contributed by atoms with Crippen LogP contribution in [0.2, 0.25) is 5.02 Å². The lowest BCUT2D eigenvalue weighted by atomic mass is 9.95. The second-order valence-corrected chi connectivity index (χ2v) is 7.91. The molecule has 0 spiro atoms. The topological polar surface area (TPSA) is 46.5 Å². The minimum Gasteiger partial charge on any atom is -0.488 e. The highest BCUT2D eigenvalue weighted by Crippen LogP contribution is 2.44. The average molecular weight is 459 g/mol. The van der Waals surface area contributed by atoms with Crippen LogP contribution in [0, 0.1) is 17.5 Å². The first-order chi connectivity index (χ1) is 15.3. The molecule has 0 aromatic heterocycles. The molecule has 0 saturated heterocycles. The van der Waals surface area contributed by atoms with E-state index in [1.54, 1.807) is 24.3 Å². The molecule has 0 unspecified atom stereocenters. The van der Waals surface area contributed by atoms with Gasteiger partial charge in [-0.1, -0.05) is 17.7 Å². The number of carboxylic acid groups (broad SMARTS) is 1. The molecule has 7 heteroatoms. The summed E-state index contributed by atoms with van der Waals surface area (Å²) >= 11 is 6.23. The quantitative estimate of drug-likeness (QED) is 0.427. The maximum Gasteiger partial charge on any atom is 0.338 e. The van der Waals surface area contributed by atoms with E-state index in [1.807, 2.05) is 0 Å². The van der Waals surface area contributed by atoms with Crippen molar-refractivity contribution in [3.8, 4) is 5.75 Å². The van der Waals surface area contributed by atoms with E-state index >= 15 is 0 Å². The van der Waals surface area contributed by atoms with E-state index in [0.29, 0.717) is 34.7 Å². The predicted octanol–water partition coefficient (Wildman–Crippen LogP) is 7.13. The van der Waals surface area contributed by atoms with Crippen LogP contribution in [0.5, 0.6) is 5.75 Å². The summed E-state index contributed by atoms with van der Waals surface area (Å²) < 4.78 is 46.9. The summed E-state index contributed by atoms with van der Waals surface area (Å²) in [6, 6.07) is 12.4. The van der Waals surface area contributed by atoms with Crippen LogP contribution < -0.4 is 4.74 Å². The van der Waals surface area contributed by atoms with Gasteiger partial charge in [0.1, 0.15) is 29.8 Å². The molecule has 0 atom stereocenters. The molecule has 3 aromatic carbocycles. The van der Waals surface area contributed by atoms with Crippen molar-refractivity contribution in [2.24, 2.45) is 0 Å². The minimum atomic E-state index is -1.34. The maximum atomic E-state index is 14.0. The van der Waals surface area contributed by atoms with Gasteiger partial charge in [0.05, 0.1) is 5.56 Å². The summed E-state index contributed by atoms with van der Waals surface area (Å²) in [7, 11) is 0. The third-order valence-electron chi connectivity index (χ3n) is 5.43. The van der Waals surface area contributed by atoms with Crippen molar-refractivity contribution in [3.63, 3.8) is 0 Å². The number of carboxylic acids is 1. The van der Waals surface area contributed by atoms with Crippen molar-refractivity contribution in [1.29, 1.82) is 0 Å². The van der Waals surface area contributed by atoms with E-state index < -0.39 is 29.0 Å². The Morgan fingerprint density at radius 3 is 2.47 bits per heavy atom. The molecule has 1 aliphatic rings. The van der Waals surface area contributed by atoms with Gasteiger partial charge in [-0.15, -0.1) is 0 Å². The number of benzene rings is 3. The third-order valence-corrected chi connectivity index (χ3v) is 5.66. The molecular formula is C25H18ClF3O3. The molecule has 0 saturated carbocycles. The zero-order chi connectivity index (χ0) is 22.8. The molecule has 1 N–H and O–H groups in total. The van der Waals surface area contributed by atoms with Crippen molar-refractivity contribution in [3.05, 3.63) is 99.3 Å². The fraction of sp³-hybridized carbons (Fsp3) is 0.160. The van der Waals surface area contributed by atoms with Crippen molar-refractivity contribution >= 4 is 28.7 Å². The van der Waals surface area contributed by atoms with Crippen LogP contribution >= 0.6 is 11.6 Å². The smallest absolute Gasteiger partial charge is 0.338 e. The molecule has 4 rings (SSSR count). The van der Waals surface area contributed by atoms with Gasteiger partial charge in [-0.2, -0.15) is 0 Å². The van der Waals surface area contributed by atoms with Gasteiger partial charge in [0, 0.05) is 22.2 Å². The highest BCUT2D eigenvalue weighted by molar-refractivity contribution is 6.30. The van der Waals surface area contributed by atoms with Crippen molar-refractivity contribution in [2.75, 3.05) is 0 Å². The van der Waals surface area contributed by atoms with Gasteiger partial charge in [-0.3, -0.25) is 0 Å². The van der Waals surface area contributed by atoms with Gasteiger partial charge in [-0.05, 0) is 78.4 Å². The van der Waals surface area contributed by atoms with Crippen LogP contribution in [-0.4, -0.2) is 11.1 Å². The first kappa shape index (κ1) is 22.0. The average Bonchev–Trinajstić information content (AvgIpc) is 3.23. The molecule has 0 heterocycles. The lowest BCUT2D eigenvalue weighted by Gasteiger charge is -2.16. The summed E-state index contributed by atoms with van der Waals surface area (Å²) in [5.41, 5.74) is 2.92. The van der Waals surface area contributed by atoms with Crippen molar-refractivity contribution in [1.82, 2.24) is 0 Å². The Bertz CT molecular complexity index is 1240. The number of carbonyl (C=O) groups is 1. The minimum absolute atomic E-state index is 0.108. The number of allylic oxidation sites excluding steroid dienone is 2. The zero-order valence-electron chi connectivity index (χ0n) is 16.8. The number of halogens is 4. The summed E-state index contributed by atoms with van der Waals surface area (Å²) in [4.78, 5) is 11.4. The van der Waals surface area contributed by atoms with Gasteiger partial charge in [0.25, 0.3) is 0 Å². The van der Waals surface area contributed by atoms with Gasteiger partial charge >= 0.3 is 5.97 Å². The lowest BCUT2D eigenvalue weighted by Crippen LogP contribution is -2.02. The molecule has 0 bridgehead atoms. The Morgan fingerprint density at radius 2 is 1.72 bits per heavy atom. The van der Waals surface area contributed by atoms with Crippen LogP contribution in [0.1, 0.15) is 46.3 Å². The zero-order valence-corrected chi connectivity index (χ0v) is 17.6. The summed E-state index contributed by atoms with van der Waals surface area (Å²) in [5.74, 6) is -3.03. The fourth-order valence-electron chi connectivity index (χ4n) is 3.89. The standard InChI is InChI=1S/C25H18ClF3O3/c26-16-6-9-24(32-13-15-4-7-17(27)12-23(15)29)20(11-16)19-3-1-2-18(19)14-5-8-22(28)21(10-14)25(30)31/h4-12H,1-3,13H2,(H,30,31). The van der Waals surface area contributed by atoms with Crippen LogP contribution in [-0.2, 0) is 6.61 Å². The molecule has 3 nitrogen and oxygen atoms in total. The highest BCUT2D eigenvalue weighted by Gasteiger charge is 2.23. The number of aromatic carboxylic acids is 1. The summed E-state index contributed by atoms with van der Waals surface area (Å²) in [5, 5.41) is 9.74. The Hall–Kier alpha value is -3.25. The van der Waals surface area contributed by atoms with E-state index in [2.05, 4.69) is 0 Å². The monoisotopic (exact) mass is 458 g/mol. The van der Waals surface area contributed by atoms with Gasteiger partial charge in [0.2, 0.25) is 0 Å². The Kier molecular flexibility index (Phi) is 6.24. The normalized spacial score (nSPS) is 13.5. The molecule has 0 amide bonds. The molecule has 1 aliphatic carbocycles. The lowest BCUT2D eigenvalue weighted by molar-refractivity contribution is 0.0692. The molecule has 0 fully saturated rings. The second kappa shape index (κ2) is 9.09. The van der Waals surface area contributed by atoms with Crippen LogP contribution in [0.4, 0.5) is 13.2 Å². The van der Waals surface area contributed by atoms with Gasteiger partial charge in [0.15, 0.2) is 0 Å². The SMILES string of the molecule is O=C(O)c1cc(C2=C(c3cc(Cl)ccc3OCc3ccc(F)cc3F)CCC2)ccc1F. The first-order valence-corrected chi connectivity index (χ1v) is 10.3. The molecule has 0 radical (unpaired) electrons. The van der Waals surface area contributed by atoms with Crippen molar-refractivity contribution < 1.29 is 27.8 Å². The van der Waals surface area contributed by atoms with E-state index in [4.69, 9.17) is 16.3 Å². The maximum absolute atomic E-state index is 14.0. The Balaban J connectivity index is 1.73.